The number of thiazole rings is 1. The van der Waals surface area contributed by atoms with Crippen LogP contribution in [0.25, 0.3) is 10.6 Å². The van der Waals surface area contributed by atoms with E-state index in [4.69, 9.17) is 4.74 Å². The molecule has 0 atom stereocenters. The highest BCUT2D eigenvalue weighted by Gasteiger charge is 2.25. The second-order valence-corrected chi connectivity index (χ2v) is 6.16. The van der Waals surface area contributed by atoms with Crippen LogP contribution in [0.4, 0.5) is 0 Å². The molecule has 1 aromatic carbocycles. The molecule has 0 aliphatic rings. The summed E-state index contributed by atoms with van der Waals surface area (Å²) in [5.41, 5.74) is 0.407. The van der Waals surface area contributed by atoms with E-state index in [1.807, 2.05) is 5.38 Å². The van der Waals surface area contributed by atoms with E-state index >= 15 is 0 Å². The van der Waals surface area contributed by atoms with Crippen LogP contribution in [0.1, 0.15) is 26.3 Å². The van der Waals surface area contributed by atoms with Gasteiger partial charge in [-0.3, -0.25) is 4.79 Å². The molecule has 5 heteroatoms. The SMILES string of the molecule is CC(C)(C)C(=O)Oc1cccc(C#N)c1-c1nccs1. The maximum Gasteiger partial charge on any atom is 0.316 e. The van der Waals surface area contributed by atoms with Crippen molar-refractivity contribution >= 4 is 17.3 Å². The van der Waals surface area contributed by atoms with Gasteiger partial charge in [-0.1, -0.05) is 6.07 Å². The number of hydrogen-bond donors (Lipinski definition) is 0. The Kier molecular flexibility index (Phi) is 3.86. The fourth-order valence-corrected chi connectivity index (χ4v) is 2.23. The molecule has 1 heterocycles. The zero-order valence-corrected chi connectivity index (χ0v) is 12.3. The van der Waals surface area contributed by atoms with E-state index in [2.05, 4.69) is 11.1 Å². The van der Waals surface area contributed by atoms with Gasteiger partial charge in [0.15, 0.2) is 0 Å². The Morgan fingerprint density at radius 3 is 2.70 bits per heavy atom. The summed E-state index contributed by atoms with van der Waals surface area (Å²) >= 11 is 1.40. The Morgan fingerprint density at radius 1 is 1.40 bits per heavy atom. The summed E-state index contributed by atoms with van der Waals surface area (Å²) in [6.07, 6.45) is 1.66. The minimum atomic E-state index is -0.608. The fraction of sp³-hybridized carbons (Fsp3) is 0.267. The second kappa shape index (κ2) is 5.43. The highest BCUT2D eigenvalue weighted by atomic mass is 32.1. The highest BCUT2D eigenvalue weighted by molar-refractivity contribution is 7.13. The van der Waals surface area contributed by atoms with Crippen LogP contribution in [0.3, 0.4) is 0 Å². The van der Waals surface area contributed by atoms with Crippen molar-refractivity contribution in [2.24, 2.45) is 5.41 Å². The van der Waals surface area contributed by atoms with Crippen LogP contribution in [0.15, 0.2) is 29.8 Å². The molecular weight excluding hydrogens is 272 g/mol. The third-order valence-corrected chi connectivity index (χ3v) is 3.40. The smallest absolute Gasteiger partial charge is 0.316 e. The molecule has 0 bridgehead atoms. The molecule has 0 aliphatic carbocycles. The highest BCUT2D eigenvalue weighted by Crippen LogP contribution is 2.35. The maximum atomic E-state index is 12.0. The quantitative estimate of drug-likeness (QED) is 0.624. The second-order valence-electron chi connectivity index (χ2n) is 5.27. The van der Waals surface area contributed by atoms with Gasteiger partial charge in [-0.15, -0.1) is 11.3 Å². The lowest BCUT2D eigenvalue weighted by Gasteiger charge is -2.18. The van der Waals surface area contributed by atoms with Gasteiger partial charge in [0.25, 0.3) is 0 Å². The van der Waals surface area contributed by atoms with Crippen LogP contribution in [0.2, 0.25) is 0 Å². The molecule has 2 rings (SSSR count). The predicted molar refractivity (Wildman–Crippen MR) is 77.4 cm³/mol. The minimum absolute atomic E-state index is 0.342. The Hall–Kier alpha value is -2.19. The number of carbonyl (C=O) groups excluding carboxylic acids is 1. The summed E-state index contributed by atoms with van der Waals surface area (Å²) in [7, 11) is 0. The molecule has 20 heavy (non-hydrogen) atoms. The number of ether oxygens (including phenoxy) is 1. The zero-order valence-electron chi connectivity index (χ0n) is 11.5. The van der Waals surface area contributed by atoms with Crippen molar-refractivity contribution in [3.63, 3.8) is 0 Å². The lowest BCUT2D eigenvalue weighted by molar-refractivity contribution is -0.142. The number of rotatable bonds is 2. The van der Waals surface area contributed by atoms with E-state index in [9.17, 15) is 10.1 Å². The molecule has 0 unspecified atom stereocenters. The van der Waals surface area contributed by atoms with Gasteiger partial charge in [0.05, 0.1) is 16.5 Å². The fourth-order valence-electron chi connectivity index (χ4n) is 1.53. The van der Waals surface area contributed by atoms with Gasteiger partial charge in [-0.2, -0.15) is 5.26 Å². The molecule has 2 aromatic rings. The predicted octanol–water partition coefficient (Wildman–Crippen LogP) is 3.63. The first-order valence-corrected chi connectivity index (χ1v) is 6.96. The van der Waals surface area contributed by atoms with Gasteiger partial charge >= 0.3 is 5.97 Å². The third-order valence-electron chi connectivity index (χ3n) is 2.61. The van der Waals surface area contributed by atoms with E-state index in [1.165, 1.54) is 11.3 Å². The molecule has 0 saturated carbocycles. The summed E-state index contributed by atoms with van der Waals surface area (Å²) in [6.45, 7) is 5.35. The van der Waals surface area contributed by atoms with Crippen molar-refractivity contribution in [3.05, 3.63) is 35.3 Å². The molecule has 0 saturated heterocycles. The number of benzene rings is 1. The van der Waals surface area contributed by atoms with Crippen LogP contribution in [0, 0.1) is 16.7 Å². The van der Waals surface area contributed by atoms with Crippen molar-refractivity contribution in [2.75, 3.05) is 0 Å². The molecule has 0 N–H and O–H groups in total. The molecule has 0 amide bonds. The Bertz CT molecular complexity index is 664. The van der Waals surface area contributed by atoms with E-state index in [0.29, 0.717) is 21.9 Å². The standard InChI is InChI=1S/C15H14N2O2S/c1-15(2,3)14(18)19-11-6-4-5-10(9-16)12(11)13-17-7-8-20-13/h4-8H,1-3H3. The van der Waals surface area contributed by atoms with Gasteiger partial charge in [0.2, 0.25) is 0 Å². The summed E-state index contributed by atoms with van der Waals surface area (Å²) < 4.78 is 5.45. The summed E-state index contributed by atoms with van der Waals surface area (Å²) in [6, 6.07) is 7.17. The monoisotopic (exact) mass is 286 g/mol. The first-order valence-electron chi connectivity index (χ1n) is 6.08. The number of hydrogen-bond acceptors (Lipinski definition) is 5. The van der Waals surface area contributed by atoms with E-state index in [-0.39, 0.29) is 5.97 Å². The average molecular weight is 286 g/mol. The van der Waals surface area contributed by atoms with E-state index in [1.54, 1.807) is 45.2 Å². The lowest BCUT2D eigenvalue weighted by Crippen LogP contribution is -2.25. The Labute approximate surface area is 121 Å². The number of carbonyl (C=O) groups is 1. The first kappa shape index (κ1) is 14.2. The first-order chi connectivity index (χ1) is 9.43. The summed E-state index contributed by atoms with van der Waals surface area (Å²) in [4.78, 5) is 16.2. The average Bonchev–Trinajstić information content (AvgIpc) is 2.90. The lowest BCUT2D eigenvalue weighted by atomic mass is 9.97. The van der Waals surface area contributed by atoms with Crippen molar-refractivity contribution in [2.45, 2.75) is 20.8 Å². The molecule has 0 fully saturated rings. The molecule has 0 aliphatic heterocycles. The number of esters is 1. The van der Waals surface area contributed by atoms with E-state index < -0.39 is 5.41 Å². The van der Waals surface area contributed by atoms with Crippen LogP contribution in [-0.2, 0) is 4.79 Å². The van der Waals surface area contributed by atoms with Gasteiger partial charge in [0.1, 0.15) is 16.8 Å². The molecular formula is C15H14N2O2S. The Balaban J connectivity index is 2.50. The van der Waals surface area contributed by atoms with Crippen LogP contribution in [-0.4, -0.2) is 11.0 Å². The van der Waals surface area contributed by atoms with E-state index in [0.717, 1.165) is 0 Å². The molecule has 102 valence electrons. The molecule has 1 aromatic heterocycles. The van der Waals surface area contributed by atoms with Crippen LogP contribution >= 0.6 is 11.3 Å². The zero-order chi connectivity index (χ0) is 14.8. The summed E-state index contributed by atoms with van der Waals surface area (Å²) in [5, 5.41) is 11.7. The maximum absolute atomic E-state index is 12.0. The van der Waals surface area contributed by atoms with Gasteiger partial charge in [0, 0.05) is 11.6 Å². The van der Waals surface area contributed by atoms with Gasteiger partial charge < -0.3 is 4.74 Å². The summed E-state index contributed by atoms with van der Waals surface area (Å²) in [5.74, 6) is 0.0318. The van der Waals surface area contributed by atoms with Crippen LogP contribution < -0.4 is 4.74 Å². The molecule has 0 radical (unpaired) electrons. The third kappa shape index (κ3) is 2.86. The topological polar surface area (TPSA) is 63.0 Å². The van der Waals surface area contributed by atoms with Crippen molar-refractivity contribution in [1.82, 2.24) is 4.98 Å². The van der Waals surface area contributed by atoms with Gasteiger partial charge in [-0.05, 0) is 32.9 Å². The van der Waals surface area contributed by atoms with Gasteiger partial charge in [-0.25, -0.2) is 4.98 Å². The minimum Gasteiger partial charge on any atom is -0.425 e. The largest absolute Gasteiger partial charge is 0.425 e. The van der Waals surface area contributed by atoms with Crippen molar-refractivity contribution < 1.29 is 9.53 Å². The molecule has 0 spiro atoms. The van der Waals surface area contributed by atoms with Crippen molar-refractivity contribution in [1.29, 1.82) is 5.26 Å². The Morgan fingerprint density at radius 2 is 2.15 bits per heavy atom. The number of nitriles is 1. The van der Waals surface area contributed by atoms with Crippen LogP contribution in [0.5, 0.6) is 5.75 Å². The number of nitrogens with zero attached hydrogens (tertiary/aromatic N) is 2. The van der Waals surface area contributed by atoms with Crippen molar-refractivity contribution in [3.8, 4) is 22.4 Å². The molecule has 4 nitrogen and oxygen atoms in total. The number of aromatic nitrogens is 1. The normalized spacial score (nSPS) is 10.9.